The first kappa shape index (κ1) is 24.2. The van der Waals surface area contributed by atoms with Gasteiger partial charge in [-0.1, -0.05) is 5.16 Å². The molecule has 4 heterocycles. The maximum absolute atomic E-state index is 14.7. The molecule has 1 fully saturated rings. The lowest BCUT2D eigenvalue weighted by molar-refractivity contribution is -0.137. The van der Waals surface area contributed by atoms with Gasteiger partial charge in [0.15, 0.2) is 5.82 Å². The van der Waals surface area contributed by atoms with Crippen molar-refractivity contribution in [2.24, 2.45) is 0 Å². The Kier molecular flexibility index (Phi) is 5.80. The normalized spacial score (nSPS) is 14.1. The lowest BCUT2D eigenvalue weighted by Gasteiger charge is -2.35. The zero-order valence-electron chi connectivity index (χ0n) is 19.3. The van der Waals surface area contributed by atoms with E-state index in [2.05, 4.69) is 25.2 Å². The van der Waals surface area contributed by atoms with Crippen molar-refractivity contribution < 1.29 is 36.4 Å². The number of aromatic nitrogens is 4. The Morgan fingerprint density at radius 2 is 1.97 bits per heavy atom. The first-order valence-corrected chi connectivity index (χ1v) is 10.9. The SMILES string of the molecule is COC(=O)N1CC(c2noc(-c3cc(F)c(C)c(NC(=O)c4cnc5ccc(C(F)(F)F)cn45)c3)n2)C1. The van der Waals surface area contributed by atoms with Crippen LogP contribution in [0.15, 0.2) is 41.2 Å². The molecule has 10 nitrogen and oxygen atoms in total. The van der Waals surface area contributed by atoms with E-state index in [1.807, 2.05) is 0 Å². The van der Waals surface area contributed by atoms with E-state index in [1.54, 1.807) is 0 Å². The van der Waals surface area contributed by atoms with E-state index >= 15 is 0 Å². The molecule has 0 bridgehead atoms. The van der Waals surface area contributed by atoms with Crippen LogP contribution in [-0.2, 0) is 10.9 Å². The van der Waals surface area contributed by atoms with Gasteiger partial charge >= 0.3 is 12.3 Å². The predicted octanol–water partition coefficient (Wildman–Crippen LogP) is 4.27. The Morgan fingerprint density at radius 3 is 2.68 bits per heavy atom. The van der Waals surface area contributed by atoms with Crippen LogP contribution in [0.2, 0.25) is 0 Å². The molecule has 192 valence electrons. The highest BCUT2D eigenvalue weighted by molar-refractivity contribution is 6.04. The van der Waals surface area contributed by atoms with Crippen LogP contribution in [0.1, 0.15) is 33.4 Å². The molecule has 0 unspecified atom stereocenters. The molecule has 5 rings (SSSR count). The highest BCUT2D eigenvalue weighted by Gasteiger charge is 2.36. The number of carbonyl (C=O) groups excluding carboxylic acids is 2. The second kappa shape index (κ2) is 8.87. The average molecular weight is 518 g/mol. The number of amides is 2. The smallest absolute Gasteiger partial charge is 0.417 e. The number of carbonyl (C=O) groups is 2. The quantitative estimate of drug-likeness (QED) is 0.401. The van der Waals surface area contributed by atoms with Gasteiger partial charge in [-0.3, -0.25) is 9.20 Å². The van der Waals surface area contributed by atoms with Crippen molar-refractivity contribution in [2.75, 3.05) is 25.5 Å². The number of likely N-dealkylation sites (tertiary alicyclic amines) is 1. The summed E-state index contributed by atoms with van der Waals surface area (Å²) >= 11 is 0. The maximum atomic E-state index is 14.7. The summed E-state index contributed by atoms with van der Waals surface area (Å²) in [5.41, 5.74) is -0.665. The molecule has 0 radical (unpaired) electrons. The Hall–Kier alpha value is -4.49. The zero-order valence-corrected chi connectivity index (χ0v) is 19.3. The van der Waals surface area contributed by atoms with Crippen LogP contribution < -0.4 is 5.32 Å². The minimum Gasteiger partial charge on any atom is -0.453 e. The lowest BCUT2D eigenvalue weighted by atomic mass is 10.0. The van der Waals surface area contributed by atoms with E-state index in [-0.39, 0.29) is 40.0 Å². The van der Waals surface area contributed by atoms with Gasteiger partial charge in [-0.2, -0.15) is 18.2 Å². The summed E-state index contributed by atoms with van der Waals surface area (Å²) in [6.07, 6.45) is -3.19. The highest BCUT2D eigenvalue weighted by Crippen LogP contribution is 2.32. The third kappa shape index (κ3) is 4.45. The Bertz CT molecular complexity index is 1520. The van der Waals surface area contributed by atoms with Gasteiger partial charge in [0.25, 0.3) is 11.8 Å². The van der Waals surface area contributed by atoms with Gasteiger partial charge in [-0.15, -0.1) is 0 Å². The number of pyridine rings is 1. The van der Waals surface area contributed by atoms with Crippen molar-refractivity contribution in [2.45, 2.75) is 19.0 Å². The molecule has 4 aromatic rings. The monoisotopic (exact) mass is 518 g/mol. The molecule has 0 aliphatic carbocycles. The number of anilines is 1. The fraction of sp³-hybridized carbons (Fsp3) is 0.261. The fourth-order valence-electron chi connectivity index (χ4n) is 3.87. The van der Waals surface area contributed by atoms with Gasteiger partial charge in [0, 0.05) is 36.1 Å². The van der Waals surface area contributed by atoms with Gasteiger partial charge in [0.05, 0.1) is 24.8 Å². The average Bonchev–Trinajstić information content (AvgIpc) is 3.47. The molecule has 14 heteroatoms. The number of alkyl halides is 3. The van der Waals surface area contributed by atoms with Gasteiger partial charge in [0.1, 0.15) is 17.2 Å². The van der Waals surface area contributed by atoms with Gasteiger partial charge in [0.2, 0.25) is 0 Å². The van der Waals surface area contributed by atoms with Crippen molar-refractivity contribution >= 4 is 23.3 Å². The summed E-state index contributed by atoms with van der Waals surface area (Å²) in [5, 5.41) is 6.42. The fourth-order valence-corrected chi connectivity index (χ4v) is 3.87. The summed E-state index contributed by atoms with van der Waals surface area (Å²) in [5.74, 6) is -1.33. The highest BCUT2D eigenvalue weighted by atomic mass is 19.4. The van der Waals surface area contributed by atoms with Crippen LogP contribution in [0.3, 0.4) is 0 Å². The van der Waals surface area contributed by atoms with Crippen molar-refractivity contribution in [3.05, 3.63) is 65.1 Å². The Labute approximate surface area is 205 Å². The first-order chi connectivity index (χ1) is 17.5. The topological polar surface area (TPSA) is 115 Å². The van der Waals surface area contributed by atoms with E-state index in [0.29, 0.717) is 18.9 Å². The second-order valence-corrected chi connectivity index (χ2v) is 8.40. The van der Waals surface area contributed by atoms with E-state index in [1.165, 1.54) is 25.0 Å². The van der Waals surface area contributed by atoms with Crippen molar-refractivity contribution in [3.8, 4) is 11.5 Å². The number of imidazole rings is 1. The Balaban J connectivity index is 1.39. The molecule has 1 aromatic carbocycles. The van der Waals surface area contributed by atoms with Crippen LogP contribution in [-0.4, -0.2) is 56.6 Å². The van der Waals surface area contributed by atoms with Gasteiger partial charge in [-0.05, 0) is 31.2 Å². The zero-order chi connectivity index (χ0) is 26.5. The number of methoxy groups -OCH3 is 1. The minimum absolute atomic E-state index is 0.00876. The largest absolute Gasteiger partial charge is 0.453 e. The summed E-state index contributed by atoms with van der Waals surface area (Å²) < 4.78 is 65.1. The number of fused-ring (bicyclic) bond motifs is 1. The number of benzene rings is 1. The van der Waals surface area contributed by atoms with Crippen LogP contribution in [0, 0.1) is 12.7 Å². The number of halogens is 4. The summed E-state index contributed by atoms with van der Waals surface area (Å²) in [7, 11) is 1.28. The standard InChI is InChI=1S/C23H18F4N6O4/c1-11-15(24)5-12(21-30-19(31-37-21)13-8-32(9-13)22(35)36-2)6-16(11)29-20(34)17-7-28-18-4-3-14(10-33(17)18)23(25,26)27/h3-7,10,13H,8-9H2,1-2H3,(H,29,34). The van der Waals surface area contributed by atoms with Crippen molar-refractivity contribution in [3.63, 3.8) is 0 Å². The molecule has 1 aliphatic heterocycles. The summed E-state index contributed by atoms with van der Waals surface area (Å²) in [6, 6.07) is 4.58. The number of nitrogens with one attached hydrogen (secondary N) is 1. The Morgan fingerprint density at radius 1 is 1.22 bits per heavy atom. The van der Waals surface area contributed by atoms with Crippen LogP contribution in [0.4, 0.5) is 28.0 Å². The molecule has 0 atom stereocenters. The maximum Gasteiger partial charge on any atom is 0.417 e. The van der Waals surface area contributed by atoms with Crippen LogP contribution >= 0.6 is 0 Å². The third-order valence-electron chi connectivity index (χ3n) is 6.03. The van der Waals surface area contributed by atoms with E-state index in [9.17, 15) is 27.2 Å². The van der Waals surface area contributed by atoms with Gasteiger partial charge < -0.3 is 19.5 Å². The third-order valence-corrected chi connectivity index (χ3v) is 6.03. The molecule has 0 saturated carbocycles. The number of hydrogen-bond acceptors (Lipinski definition) is 7. The summed E-state index contributed by atoms with van der Waals surface area (Å²) in [6.45, 7) is 2.11. The molecule has 2 amide bonds. The summed E-state index contributed by atoms with van der Waals surface area (Å²) in [4.78, 5) is 34.2. The molecule has 1 aliphatic rings. The second-order valence-electron chi connectivity index (χ2n) is 8.40. The number of rotatable bonds is 4. The molecule has 3 aromatic heterocycles. The minimum atomic E-state index is -4.61. The lowest BCUT2D eigenvalue weighted by Crippen LogP contribution is -2.48. The molecule has 1 saturated heterocycles. The predicted molar refractivity (Wildman–Crippen MR) is 119 cm³/mol. The molecular formula is C23H18F4N6O4. The molecular weight excluding hydrogens is 500 g/mol. The van der Waals surface area contributed by atoms with Crippen LogP contribution in [0.25, 0.3) is 17.1 Å². The number of ether oxygens (including phenoxy) is 1. The van der Waals surface area contributed by atoms with E-state index in [4.69, 9.17) is 4.52 Å². The first-order valence-electron chi connectivity index (χ1n) is 10.9. The molecule has 0 spiro atoms. The number of nitrogens with zero attached hydrogens (tertiary/aromatic N) is 5. The molecule has 37 heavy (non-hydrogen) atoms. The van der Waals surface area contributed by atoms with Gasteiger partial charge in [-0.25, -0.2) is 14.2 Å². The van der Waals surface area contributed by atoms with E-state index < -0.39 is 29.6 Å². The number of hydrogen-bond donors (Lipinski definition) is 1. The molecule has 1 N–H and O–H groups in total. The van der Waals surface area contributed by atoms with Crippen molar-refractivity contribution in [1.29, 1.82) is 0 Å². The van der Waals surface area contributed by atoms with Crippen molar-refractivity contribution in [1.82, 2.24) is 24.4 Å². The van der Waals surface area contributed by atoms with Crippen LogP contribution in [0.5, 0.6) is 0 Å². The van der Waals surface area contributed by atoms with E-state index in [0.717, 1.165) is 35.0 Å².